The standard InChI is InChI=1S/C12H13N5O2S/c13-11(19)16-10(18)7-20-12-15-9(6-17(12)14)8-4-2-1-3-5-8/h1-6H,7,14H2,(H3,13,16,18,19). The molecule has 0 spiro atoms. The summed E-state index contributed by atoms with van der Waals surface area (Å²) in [5.74, 6) is 5.29. The van der Waals surface area contributed by atoms with Gasteiger partial charge in [-0.25, -0.2) is 14.5 Å². The summed E-state index contributed by atoms with van der Waals surface area (Å²) >= 11 is 1.12. The molecule has 1 aromatic heterocycles. The van der Waals surface area contributed by atoms with Gasteiger partial charge >= 0.3 is 6.03 Å². The van der Waals surface area contributed by atoms with Crippen LogP contribution in [0.5, 0.6) is 0 Å². The van der Waals surface area contributed by atoms with Gasteiger partial charge in [0.25, 0.3) is 0 Å². The lowest BCUT2D eigenvalue weighted by molar-refractivity contribution is -0.117. The number of aromatic nitrogens is 2. The van der Waals surface area contributed by atoms with Crippen LogP contribution in [0.25, 0.3) is 11.3 Å². The Morgan fingerprint density at radius 1 is 1.30 bits per heavy atom. The maximum atomic E-state index is 11.3. The van der Waals surface area contributed by atoms with Crippen LogP contribution in [0.1, 0.15) is 0 Å². The molecule has 2 rings (SSSR count). The summed E-state index contributed by atoms with van der Waals surface area (Å²) in [6.07, 6.45) is 1.67. The van der Waals surface area contributed by atoms with Gasteiger partial charge in [-0.2, -0.15) is 0 Å². The Kier molecular flexibility index (Phi) is 4.26. The number of carbonyl (C=O) groups excluding carboxylic acids is 2. The van der Waals surface area contributed by atoms with Gasteiger partial charge in [0, 0.05) is 5.56 Å². The third-order valence-electron chi connectivity index (χ3n) is 2.36. The van der Waals surface area contributed by atoms with Gasteiger partial charge in [-0.1, -0.05) is 42.1 Å². The first kappa shape index (κ1) is 13.9. The number of imidazole rings is 1. The Morgan fingerprint density at radius 2 is 2.00 bits per heavy atom. The molecule has 0 fully saturated rings. The minimum Gasteiger partial charge on any atom is -0.351 e. The molecule has 0 aliphatic carbocycles. The van der Waals surface area contributed by atoms with Gasteiger partial charge in [-0.15, -0.1) is 0 Å². The van der Waals surface area contributed by atoms with E-state index in [-0.39, 0.29) is 5.75 Å². The molecule has 20 heavy (non-hydrogen) atoms. The Hall–Kier alpha value is -2.48. The summed E-state index contributed by atoms with van der Waals surface area (Å²) in [6.45, 7) is 0. The molecule has 0 saturated carbocycles. The number of benzene rings is 1. The largest absolute Gasteiger partial charge is 0.351 e. The zero-order chi connectivity index (χ0) is 14.5. The number of primary amides is 1. The van der Waals surface area contributed by atoms with Crippen molar-refractivity contribution in [3.05, 3.63) is 36.5 Å². The highest BCUT2D eigenvalue weighted by Crippen LogP contribution is 2.22. The van der Waals surface area contributed by atoms with E-state index >= 15 is 0 Å². The molecule has 104 valence electrons. The zero-order valence-corrected chi connectivity index (χ0v) is 11.3. The Bertz CT molecular complexity index is 626. The molecule has 1 heterocycles. The van der Waals surface area contributed by atoms with Crippen LogP contribution in [0.15, 0.2) is 41.7 Å². The highest BCUT2D eigenvalue weighted by Gasteiger charge is 2.11. The molecule has 3 amide bonds. The topological polar surface area (TPSA) is 116 Å². The van der Waals surface area contributed by atoms with Crippen LogP contribution in [0, 0.1) is 0 Å². The number of nitrogen functional groups attached to an aromatic ring is 1. The van der Waals surface area contributed by atoms with Crippen LogP contribution in [0.4, 0.5) is 4.79 Å². The van der Waals surface area contributed by atoms with Crippen molar-refractivity contribution < 1.29 is 9.59 Å². The van der Waals surface area contributed by atoms with Crippen LogP contribution < -0.4 is 16.9 Å². The second-order valence-electron chi connectivity index (χ2n) is 3.88. The first-order valence-electron chi connectivity index (χ1n) is 5.68. The molecular formula is C12H13N5O2S. The van der Waals surface area contributed by atoms with Gasteiger partial charge in [-0.05, 0) is 0 Å². The normalized spacial score (nSPS) is 10.2. The first-order chi connectivity index (χ1) is 9.56. The number of rotatable bonds is 4. The highest BCUT2D eigenvalue weighted by atomic mass is 32.2. The smallest absolute Gasteiger partial charge is 0.318 e. The van der Waals surface area contributed by atoms with Crippen LogP contribution in [0.3, 0.4) is 0 Å². The second kappa shape index (κ2) is 6.11. The van der Waals surface area contributed by atoms with Crippen molar-refractivity contribution >= 4 is 23.7 Å². The number of hydrogen-bond donors (Lipinski definition) is 3. The van der Waals surface area contributed by atoms with Gasteiger partial charge in [-0.3, -0.25) is 10.1 Å². The third-order valence-corrected chi connectivity index (χ3v) is 3.33. The lowest BCUT2D eigenvalue weighted by Crippen LogP contribution is -2.36. The van der Waals surface area contributed by atoms with E-state index in [1.807, 2.05) is 35.6 Å². The number of thioether (sulfide) groups is 1. The average molecular weight is 291 g/mol. The first-order valence-corrected chi connectivity index (χ1v) is 6.67. The summed E-state index contributed by atoms with van der Waals surface area (Å²) in [5, 5.41) is 2.45. The molecule has 0 unspecified atom stereocenters. The average Bonchev–Trinajstić information content (AvgIpc) is 2.78. The highest BCUT2D eigenvalue weighted by molar-refractivity contribution is 7.99. The van der Waals surface area contributed by atoms with Gasteiger partial charge in [0.05, 0.1) is 17.6 Å². The Morgan fingerprint density at radius 3 is 2.65 bits per heavy atom. The Balaban J connectivity index is 2.05. The van der Waals surface area contributed by atoms with Crippen molar-refractivity contribution in [2.24, 2.45) is 5.73 Å². The van der Waals surface area contributed by atoms with Crippen molar-refractivity contribution in [1.82, 2.24) is 15.0 Å². The summed E-state index contributed by atoms with van der Waals surface area (Å²) < 4.78 is 1.34. The van der Waals surface area contributed by atoms with Crippen LogP contribution in [-0.4, -0.2) is 27.4 Å². The fourth-order valence-corrected chi connectivity index (χ4v) is 2.23. The number of amides is 3. The third kappa shape index (κ3) is 3.51. The lowest BCUT2D eigenvalue weighted by atomic mass is 10.2. The van der Waals surface area contributed by atoms with Gasteiger partial charge in [0.15, 0.2) is 5.16 Å². The van der Waals surface area contributed by atoms with Gasteiger partial charge in [0.2, 0.25) is 5.91 Å². The predicted molar refractivity (Wildman–Crippen MR) is 76.3 cm³/mol. The summed E-state index contributed by atoms with van der Waals surface area (Å²) in [6, 6.07) is 8.66. The van der Waals surface area contributed by atoms with E-state index in [4.69, 9.17) is 11.6 Å². The lowest BCUT2D eigenvalue weighted by Gasteiger charge is -2.00. The van der Waals surface area contributed by atoms with Crippen molar-refractivity contribution in [2.45, 2.75) is 5.16 Å². The Labute approximate surface area is 119 Å². The maximum absolute atomic E-state index is 11.3. The number of urea groups is 1. The van der Waals surface area contributed by atoms with Crippen LogP contribution in [0.2, 0.25) is 0 Å². The predicted octanol–water partition coefficient (Wildman–Crippen LogP) is 0.551. The molecule has 1 aromatic carbocycles. The SMILES string of the molecule is NC(=O)NC(=O)CSc1nc(-c2ccccc2)cn1N. The zero-order valence-electron chi connectivity index (χ0n) is 10.4. The minimum atomic E-state index is -0.878. The molecule has 0 atom stereocenters. The number of nitrogens with zero attached hydrogens (tertiary/aromatic N) is 2. The molecule has 0 bridgehead atoms. The van der Waals surface area contributed by atoms with E-state index < -0.39 is 11.9 Å². The van der Waals surface area contributed by atoms with E-state index in [1.165, 1.54) is 4.68 Å². The molecule has 0 aliphatic heterocycles. The van der Waals surface area contributed by atoms with E-state index in [0.717, 1.165) is 17.3 Å². The van der Waals surface area contributed by atoms with Crippen molar-refractivity contribution in [3.8, 4) is 11.3 Å². The fraction of sp³-hybridized carbons (Fsp3) is 0.0833. The molecule has 0 aliphatic rings. The fourth-order valence-electron chi connectivity index (χ4n) is 1.54. The minimum absolute atomic E-state index is 0.00534. The van der Waals surface area contributed by atoms with Crippen LogP contribution >= 0.6 is 11.8 Å². The van der Waals surface area contributed by atoms with Crippen molar-refractivity contribution in [3.63, 3.8) is 0 Å². The molecule has 2 aromatic rings. The molecular weight excluding hydrogens is 278 g/mol. The van der Waals surface area contributed by atoms with Crippen molar-refractivity contribution in [1.29, 1.82) is 0 Å². The summed E-state index contributed by atoms with van der Waals surface area (Å²) in [7, 11) is 0. The second-order valence-corrected chi connectivity index (χ2v) is 4.83. The monoisotopic (exact) mass is 291 g/mol. The van der Waals surface area contributed by atoms with Crippen LogP contribution in [-0.2, 0) is 4.79 Å². The van der Waals surface area contributed by atoms with Gasteiger partial charge < -0.3 is 11.6 Å². The van der Waals surface area contributed by atoms with Gasteiger partial charge in [0.1, 0.15) is 0 Å². The maximum Gasteiger partial charge on any atom is 0.318 e. The van der Waals surface area contributed by atoms with E-state index in [0.29, 0.717) is 10.9 Å². The summed E-state index contributed by atoms with van der Waals surface area (Å²) in [4.78, 5) is 26.2. The molecule has 0 saturated heterocycles. The van der Waals surface area contributed by atoms with Crippen molar-refractivity contribution in [2.75, 3.05) is 11.6 Å². The summed E-state index contributed by atoms with van der Waals surface area (Å²) in [5.41, 5.74) is 6.49. The number of nitrogens with two attached hydrogens (primary N) is 2. The molecule has 8 heteroatoms. The number of hydrogen-bond acceptors (Lipinski definition) is 5. The molecule has 7 nitrogen and oxygen atoms in total. The van der Waals surface area contributed by atoms with E-state index in [2.05, 4.69) is 4.98 Å². The van der Waals surface area contributed by atoms with E-state index in [1.54, 1.807) is 6.20 Å². The van der Waals surface area contributed by atoms with E-state index in [9.17, 15) is 9.59 Å². The quantitative estimate of drug-likeness (QED) is 0.562. The number of carbonyl (C=O) groups is 2. The number of nitrogens with one attached hydrogen (secondary N) is 1. The molecule has 5 N–H and O–H groups in total. The number of imide groups is 1. The molecule has 0 radical (unpaired) electrons.